The van der Waals surface area contributed by atoms with E-state index in [-0.39, 0.29) is 6.10 Å². The van der Waals surface area contributed by atoms with Crippen LogP contribution >= 0.6 is 0 Å². The molecule has 1 aromatic heterocycles. The van der Waals surface area contributed by atoms with Crippen LogP contribution in [0.3, 0.4) is 0 Å². The molecule has 1 heterocycles. The predicted octanol–water partition coefficient (Wildman–Crippen LogP) is 1.88. The maximum atomic E-state index is 9.48. The number of nitrogens with zero attached hydrogens (tertiary/aromatic N) is 2. The molecule has 1 saturated carbocycles. The van der Waals surface area contributed by atoms with Crippen molar-refractivity contribution in [2.45, 2.75) is 31.9 Å². The van der Waals surface area contributed by atoms with Gasteiger partial charge in [0.1, 0.15) is 0 Å². The van der Waals surface area contributed by atoms with Crippen LogP contribution in [0.4, 0.5) is 0 Å². The van der Waals surface area contributed by atoms with Gasteiger partial charge in [0.05, 0.1) is 29.0 Å². The highest BCUT2D eigenvalue weighted by Crippen LogP contribution is 2.24. The molecule has 1 fully saturated rings. The number of fused-ring (bicyclic) bond motifs is 1. The molecule has 19 heavy (non-hydrogen) atoms. The molecular formula is C15H19N3O. The summed E-state index contributed by atoms with van der Waals surface area (Å²) in [5, 5.41) is 12.9. The summed E-state index contributed by atoms with van der Waals surface area (Å²) in [5.74, 6) is 0.600. The smallest absolute Gasteiger partial charge is 0.0890 e. The first-order chi connectivity index (χ1) is 9.31. The minimum atomic E-state index is -0.0905. The van der Waals surface area contributed by atoms with Crippen molar-refractivity contribution in [1.29, 1.82) is 0 Å². The zero-order valence-corrected chi connectivity index (χ0v) is 10.9. The topological polar surface area (TPSA) is 58.0 Å². The Labute approximate surface area is 112 Å². The van der Waals surface area contributed by atoms with Gasteiger partial charge in [-0.3, -0.25) is 4.98 Å². The summed E-state index contributed by atoms with van der Waals surface area (Å²) < 4.78 is 0. The average molecular weight is 257 g/mol. The fraction of sp³-hybridized carbons (Fsp3) is 0.467. The highest BCUT2D eigenvalue weighted by atomic mass is 16.3. The Morgan fingerprint density at radius 1 is 1.21 bits per heavy atom. The van der Waals surface area contributed by atoms with E-state index in [1.54, 1.807) is 0 Å². The summed E-state index contributed by atoms with van der Waals surface area (Å²) >= 11 is 0. The van der Waals surface area contributed by atoms with E-state index >= 15 is 0 Å². The molecule has 2 aromatic rings. The second-order valence-electron chi connectivity index (χ2n) is 5.31. The molecule has 1 aliphatic carbocycles. The molecule has 1 aliphatic rings. The monoisotopic (exact) mass is 257 g/mol. The van der Waals surface area contributed by atoms with Crippen LogP contribution in [0.25, 0.3) is 11.0 Å². The lowest BCUT2D eigenvalue weighted by Crippen LogP contribution is -2.22. The van der Waals surface area contributed by atoms with Crippen LogP contribution < -0.4 is 5.32 Å². The van der Waals surface area contributed by atoms with Crippen LogP contribution in [-0.4, -0.2) is 27.7 Å². The van der Waals surface area contributed by atoms with Crippen molar-refractivity contribution in [2.24, 2.45) is 5.92 Å². The molecule has 2 atom stereocenters. The molecule has 4 nitrogen and oxygen atoms in total. The first kappa shape index (κ1) is 12.5. The van der Waals surface area contributed by atoms with Crippen LogP contribution in [0, 0.1) is 5.92 Å². The lowest BCUT2D eigenvalue weighted by molar-refractivity contribution is 0.177. The highest BCUT2D eigenvalue weighted by Gasteiger charge is 2.21. The Kier molecular flexibility index (Phi) is 3.71. The van der Waals surface area contributed by atoms with Crippen molar-refractivity contribution in [3.63, 3.8) is 0 Å². The van der Waals surface area contributed by atoms with E-state index in [4.69, 9.17) is 0 Å². The summed E-state index contributed by atoms with van der Waals surface area (Å²) in [6.07, 6.45) is 4.74. The molecule has 100 valence electrons. The molecule has 0 amide bonds. The van der Waals surface area contributed by atoms with Gasteiger partial charge in [-0.05, 0) is 43.9 Å². The summed E-state index contributed by atoms with van der Waals surface area (Å²) in [6, 6.07) is 7.91. The number of benzene rings is 1. The second-order valence-corrected chi connectivity index (χ2v) is 5.31. The van der Waals surface area contributed by atoms with Crippen LogP contribution in [0.15, 0.2) is 30.5 Å². The van der Waals surface area contributed by atoms with E-state index in [9.17, 15) is 5.11 Å². The molecule has 0 spiro atoms. The molecule has 3 rings (SSSR count). The molecule has 4 heteroatoms. The van der Waals surface area contributed by atoms with Gasteiger partial charge in [0, 0.05) is 6.54 Å². The number of hydrogen-bond acceptors (Lipinski definition) is 4. The van der Waals surface area contributed by atoms with E-state index in [0.29, 0.717) is 5.92 Å². The number of aromatic nitrogens is 2. The standard InChI is InChI=1S/C15H19N3O/c19-13-6-5-11(7-13)8-16-9-12-10-17-14-3-1-2-4-15(14)18-12/h1-4,10-11,13,16,19H,5-9H2. The lowest BCUT2D eigenvalue weighted by atomic mass is 10.1. The third kappa shape index (κ3) is 3.08. The third-order valence-corrected chi connectivity index (χ3v) is 3.75. The SMILES string of the molecule is OC1CCC(CNCc2cnc3ccccc3n2)C1. The number of rotatable bonds is 4. The van der Waals surface area contributed by atoms with Gasteiger partial charge in [0.15, 0.2) is 0 Å². The van der Waals surface area contributed by atoms with E-state index in [1.807, 2.05) is 30.5 Å². The van der Waals surface area contributed by atoms with Crippen molar-refractivity contribution in [3.8, 4) is 0 Å². The van der Waals surface area contributed by atoms with Gasteiger partial charge in [0.25, 0.3) is 0 Å². The molecular weight excluding hydrogens is 238 g/mol. The molecule has 2 unspecified atom stereocenters. The third-order valence-electron chi connectivity index (χ3n) is 3.75. The fourth-order valence-electron chi connectivity index (χ4n) is 2.72. The van der Waals surface area contributed by atoms with Gasteiger partial charge in [0.2, 0.25) is 0 Å². The number of nitrogens with one attached hydrogen (secondary N) is 1. The number of aliphatic hydroxyl groups is 1. The maximum Gasteiger partial charge on any atom is 0.0890 e. The van der Waals surface area contributed by atoms with Crippen molar-refractivity contribution >= 4 is 11.0 Å². The second kappa shape index (κ2) is 5.63. The maximum absolute atomic E-state index is 9.48. The molecule has 0 aliphatic heterocycles. The van der Waals surface area contributed by atoms with Crippen molar-refractivity contribution in [2.75, 3.05) is 6.54 Å². The van der Waals surface area contributed by atoms with Gasteiger partial charge in [-0.25, -0.2) is 4.98 Å². The zero-order valence-electron chi connectivity index (χ0n) is 10.9. The van der Waals surface area contributed by atoms with Crippen LogP contribution in [0.1, 0.15) is 25.0 Å². The van der Waals surface area contributed by atoms with Crippen molar-refractivity contribution in [3.05, 3.63) is 36.2 Å². The van der Waals surface area contributed by atoms with Crippen LogP contribution in [-0.2, 0) is 6.54 Å². The predicted molar refractivity (Wildman–Crippen MR) is 74.6 cm³/mol. The molecule has 2 N–H and O–H groups in total. The lowest BCUT2D eigenvalue weighted by Gasteiger charge is -2.10. The summed E-state index contributed by atoms with van der Waals surface area (Å²) in [6.45, 7) is 1.69. The molecule has 0 bridgehead atoms. The molecule has 1 aromatic carbocycles. The normalized spacial score (nSPS) is 23.0. The van der Waals surface area contributed by atoms with Gasteiger partial charge in [-0.15, -0.1) is 0 Å². The molecule has 0 saturated heterocycles. The highest BCUT2D eigenvalue weighted by molar-refractivity contribution is 5.73. The summed E-state index contributed by atoms with van der Waals surface area (Å²) in [7, 11) is 0. The number of aliphatic hydroxyl groups excluding tert-OH is 1. The van der Waals surface area contributed by atoms with Gasteiger partial charge in [-0.1, -0.05) is 12.1 Å². The largest absolute Gasteiger partial charge is 0.393 e. The van der Waals surface area contributed by atoms with Gasteiger partial charge < -0.3 is 10.4 Å². The number of hydrogen-bond donors (Lipinski definition) is 2. The van der Waals surface area contributed by atoms with E-state index in [2.05, 4.69) is 15.3 Å². The van der Waals surface area contributed by atoms with Gasteiger partial charge >= 0.3 is 0 Å². The average Bonchev–Trinajstić information content (AvgIpc) is 2.84. The number of para-hydroxylation sites is 2. The van der Waals surface area contributed by atoms with Crippen molar-refractivity contribution in [1.82, 2.24) is 15.3 Å². The van der Waals surface area contributed by atoms with Crippen LogP contribution in [0.5, 0.6) is 0 Å². The first-order valence-corrected chi connectivity index (χ1v) is 6.91. The Bertz CT molecular complexity index is 558. The Morgan fingerprint density at radius 2 is 2.05 bits per heavy atom. The molecule has 0 radical (unpaired) electrons. The first-order valence-electron chi connectivity index (χ1n) is 6.91. The summed E-state index contributed by atoms with van der Waals surface area (Å²) in [5.41, 5.74) is 2.85. The Balaban J connectivity index is 1.56. The minimum Gasteiger partial charge on any atom is -0.393 e. The van der Waals surface area contributed by atoms with Crippen LogP contribution in [0.2, 0.25) is 0 Å². The van der Waals surface area contributed by atoms with E-state index < -0.39 is 0 Å². The van der Waals surface area contributed by atoms with E-state index in [1.165, 1.54) is 0 Å². The van der Waals surface area contributed by atoms with E-state index in [0.717, 1.165) is 49.1 Å². The Hall–Kier alpha value is -1.52. The Morgan fingerprint density at radius 3 is 2.84 bits per heavy atom. The van der Waals surface area contributed by atoms with Crippen molar-refractivity contribution < 1.29 is 5.11 Å². The zero-order chi connectivity index (χ0) is 13.1. The quantitative estimate of drug-likeness (QED) is 0.878. The van der Waals surface area contributed by atoms with Gasteiger partial charge in [-0.2, -0.15) is 0 Å². The summed E-state index contributed by atoms with van der Waals surface area (Å²) in [4.78, 5) is 8.98. The minimum absolute atomic E-state index is 0.0905. The fourth-order valence-corrected chi connectivity index (χ4v) is 2.72.